The zero-order valence-corrected chi connectivity index (χ0v) is 14.9. The molecule has 0 amide bonds. The Morgan fingerprint density at radius 1 is 0.920 bits per heavy atom. The summed E-state index contributed by atoms with van der Waals surface area (Å²) in [5.74, 6) is 0.954. The van der Waals surface area contributed by atoms with Crippen molar-refractivity contribution in [3.8, 4) is 11.3 Å². The summed E-state index contributed by atoms with van der Waals surface area (Å²) in [5.41, 5.74) is 6.28. The van der Waals surface area contributed by atoms with Gasteiger partial charge in [-0.2, -0.15) is 0 Å². The molecule has 0 aliphatic rings. The first-order valence-corrected chi connectivity index (χ1v) is 8.57. The lowest BCUT2D eigenvalue weighted by atomic mass is 10.1. The van der Waals surface area contributed by atoms with E-state index in [0.717, 1.165) is 33.4 Å². The molecule has 4 rings (SSSR count). The van der Waals surface area contributed by atoms with Gasteiger partial charge in [-0.15, -0.1) is 0 Å². The summed E-state index contributed by atoms with van der Waals surface area (Å²) in [6.07, 6.45) is 2.10. The second-order valence-corrected chi connectivity index (χ2v) is 6.63. The van der Waals surface area contributed by atoms with Gasteiger partial charge in [-0.1, -0.05) is 48.0 Å². The molecule has 0 spiro atoms. The van der Waals surface area contributed by atoms with Crippen molar-refractivity contribution in [3.63, 3.8) is 0 Å². The molecule has 0 aliphatic heterocycles. The van der Waals surface area contributed by atoms with Crippen LogP contribution >= 0.6 is 11.6 Å². The summed E-state index contributed by atoms with van der Waals surface area (Å²) < 4.78 is 2.10. The number of nitrogens with one attached hydrogen (secondary N) is 1. The Bertz CT molecular complexity index is 1050. The smallest absolute Gasteiger partial charge is 0.143 e. The number of anilines is 2. The maximum absolute atomic E-state index is 6.05. The van der Waals surface area contributed by atoms with Crippen molar-refractivity contribution in [3.05, 3.63) is 83.0 Å². The van der Waals surface area contributed by atoms with Gasteiger partial charge in [-0.3, -0.25) is 4.40 Å². The number of hydrogen-bond donors (Lipinski definition) is 1. The molecular weight excluding hydrogens is 330 g/mol. The third-order valence-electron chi connectivity index (χ3n) is 4.28. The molecule has 3 nitrogen and oxygen atoms in total. The second-order valence-electron chi connectivity index (χ2n) is 6.19. The second kappa shape index (κ2) is 6.26. The van der Waals surface area contributed by atoms with E-state index in [1.54, 1.807) is 0 Å². The van der Waals surface area contributed by atoms with Crippen LogP contribution in [0.1, 0.15) is 11.1 Å². The van der Waals surface area contributed by atoms with Crippen LogP contribution < -0.4 is 5.32 Å². The summed E-state index contributed by atoms with van der Waals surface area (Å²) in [6.45, 7) is 4.18. The molecule has 2 aromatic carbocycles. The fourth-order valence-electron chi connectivity index (χ4n) is 2.92. The first-order chi connectivity index (χ1) is 12.1. The Hall–Kier alpha value is -2.78. The van der Waals surface area contributed by atoms with E-state index in [4.69, 9.17) is 16.6 Å². The van der Waals surface area contributed by atoms with E-state index in [0.29, 0.717) is 0 Å². The number of rotatable bonds is 3. The number of fused-ring (bicyclic) bond motifs is 1. The number of benzene rings is 2. The van der Waals surface area contributed by atoms with Crippen LogP contribution in [0.25, 0.3) is 16.9 Å². The van der Waals surface area contributed by atoms with Gasteiger partial charge in [-0.05, 0) is 49.2 Å². The molecule has 0 fully saturated rings. The van der Waals surface area contributed by atoms with E-state index in [1.165, 1.54) is 11.1 Å². The van der Waals surface area contributed by atoms with Gasteiger partial charge in [0, 0.05) is 22.5 Å². The van der Waals surface area contributed by atoms with Crippen molar-refractivity contribution in [1.82, 2.24) is 9.38 Å². The minimum absolute atomic E-state index is 0.719. The van der Waals surface area contributed by atoms with Crippen molar-refractivity contribution < 1.29 is 0 Å². The lowest BCUT2D eigenvalue weighted by molar-refractivity contribution is 1.15. The fraction of sp³-hybridized carbons (Fsp3) is 0.0952. The molecule has 124 valence electrons. The van der Waals surface area contributed by atoms with Gasteiger partial charge in [0.25, 0.3) is 0 Å². The highest BCUT2D eigenvalue weighted by molar-refractivity contribution is 6.30. The number of aryl methyl sites for hydroxylation is 2. The summed E-state index contributed by atoms with van der Waals surface area (Å²) in [4.78, 5) is 4.84. The van der Waals surface area contributed by atoms with E-state index in [-0.39, 0.29) is 0 Å². The van der Waals surface area contributed by atoms with Crippen molar-refractivity contribution in [2.24, 2.45) is 0 Å². The SMILES string of the molecule is Cc1ccc2nc(-c3ccc(Cl)cc3)c(Nc3ccccc3C)n2c1. The van der Waals surface area contributed by atoms with Gasteiger partial charge >= 0.3 is 0 Å². The molecule has 25 heavy (non-hydrogen) atoms. The predicted octanol–water partition coefficient (Wildman–Crippen LogP) is 6.02. The number of hydrogen-bond acceptors (Lipinski definition) is 2. The monoisotopic (exact) mass is 347 g/mol. The summed E-state index contributed by atoms with van der Waals surface area (Å²) >= 11 is 6.05. The molecule has 0 radical (unpaired) electrons. The highest BCUT2D eigenvalue weighted by Gasteiger charge is 2.15. The molecule has 0 aliphatic carbocycles. The zero-order valence-electron chi connectivity index (χ0n) is 14.1. The Balaban J connectivity index is 1.93. The third-order valence-corrected chi connectivity index (χ3v) is 4.53. The van der Waals surface area contributed by atoms with E-state index in [9.17, 15) is 0 Å². The molecule has 2 aromatic heterocycles. The first-order valence-electron chi connectivity index (χ1n) is 8.19. The van der Waals surface area contributed by atoms with Crippen LogP contribution in [-0.2, 0) is 0 Å². The summed E-state index contributed by atoms with van der Waals surface area (Å²) in [6, 6.07) is 20.1. The molecule has 4 aromatic rings. The number of halogens is 1. The summed E-state index contributed by atoms with van der Waals surface area (Å²) in [7, 11) is 0. The average molecular weight is 348 g/mol. The first kappa shape index (κ1) is 15.7. The molecule has 2 heterocycles. The molecule has 0 atom stereocenters. The maximum Gasteiger partial charge on any atom is 0.143 e. The van der Waals surface area contributed by atoms with Crippen LogP contribution in [0, 0.1) is 13.8 Å². The molecule has 0 saturated carbocycles. The molecule has 0 unspecified atom stereocenters. The van der Waals surface area contributed by atoms with Crippen LogP contribution in [0.3, 0.4) is 0 Å². The maximum atomic E-state index is 6.05. The fourth-order valence-corrected chi connectivity index (χ4v) is 3.05. The van der Waals surface area contributed by atoms with Crippen LogP contribution in [0.5, 0.6) is 0 Å². The van der Waals surface area contributed by atoms with Gasteiger partial charge in [0.2, 0.25) is 0 Å². The minimum atomic E-state index is 0.719. The summed E-state index contributed by atoms with van der Waals surface area (Å²) in [5, 5.41) is 4.29. The number of aromatic nitrogens is 2. The normalized spacial score (nSPS) is 11.0. The van der Waals surface area contributed by atoms with Gasteiger partial charge < -0.3 is 5.32 Å². The van der Waals surface area contributed by atoms with E-state index >= 15 is 0 Å². The van der Waals surface area contributed by atoms with E-state index in [2.05, 4.69) is 48.0 Å². The Morgan fingerprint density at radius 2 is 1.68 bits per heavy atom. The highest BCUT2D eigenvalue weighted by Crippen LogP contribution is 2.32. The van der Waals surface area contributed by atoms with Crippen LogP contribution in [0.4, 0.5) is 11.5 Å². The molecular formula is C21H18ClN3. The van der Waals surface area contributed by atoms with Crippen molar-refractivity contribution >= 4 is 28.8 Å². The van der Waals surface area contributed by atoms with Crippen LogP contribution in [-0.4, -0.2) is 9.38 Å². The van der Waals surface area contributed by atoms with Crippen LogP contribution in [0.15, 0.2) is 66.9 Å². The van der Waals surface area contributed by atoms with Gasteiger partial charge in [0.15, 0.2) is 0 Å². The topological polar surface area (TPSA) is 29.3 Å². The van der Waals surface area contributed by atoms with Gasteiger partial charge in [0.1, 0.15) is 17.2 Å². The molecule has 0 saturated heterocycles. The Labute approximate surface area is 151 Å². The number of nitrogens with zero attached hydrogens (tertiary/aromatic N) is 2. The van der Waals surface area contributed by atoms with E-state index in [1.807, 2.05) is 42.5 Å². The molecule has 0 bridgehead atoms. The number of pyridine rings is 1. The molecule has 1 N–H and O–H groups in total. The standard InChI is InChI=1S/C21H18ClN3/c1-14-7-12-19-24-20(16-8-10-17(22)11-9-16)21(25(19)13-14)23-18-6-4-3-5-15(18)2/h3-13,23H,1-2H3. The van der Waals surface area contributed by atoms with E-state index < -0.39 is 0 Å². The minimum Gasteiger partial charge on any atom is -0.339 e. The number of imidazole rings is 1. The van der Waals surface area contributed by atoms with Crippen molar-refractivity contribution in [2.75, 3.05) is 5.32 Å². The Kier molecular flexibility index (Phi) is 3.94. The predicted molar refractivity (Wildman–Crippen MR) is 105 cm³/mol. The average Bonchev–Trinajstić information content (AvgIpc) is 2.95. The van der Waals surface area contributed by atoms with Gasteiger partial charge in [-0.25, -0.2) is 4.98 Å². The largest absolute Gasteiger partial charge is 0.339 e. The third kappa shape index (κ3) is 2.99. The quantitative estimate of drug-likeness (QED) is 0.491. The van der Waals surface area contributed by atoms with Crippen molar-refractivity contribution in [2.45, 2.75) is 13.8 Å². The van der Waals surface area contributed by atoms with Gasteiger partial charge in [0.05, 0.1) is 0 Å². The lowest BCUT2D eigenvalue weighted by Gasteiger charge is -2.11. The lowest BCUT2D eigenvalue weighted by Crippen LogP contribution is -1.99. The molecule has 4 heteroatoms. The zero-order chi connectivity index (χ0) is 17.4. The van der Waals surface area contributed by atoms with Crippen molar-refractivity contribution in [1.29, 1.82) is 0 Å². The Morgan fingerprint density at radius 3 is 2.44 bits per heavy atom. The number of para-hydroxylation sites is 1. The highest BCUT2D eigenvalue weighted by atomic mass is 35.5. The van der Waals surface area contributed by atoms with Crippen LogP contribution in [0.2, 0.25) is 5.02 Å².